The molecule has 2 aromatic carbocycles. The van der Waals surface area contributed by atoms with E-state index in [0.29, 0.717) is 11.3 Å². The van der Waals surface area contributed by atoms with Crippen LogP contribution < -0.4 is 15.4 Å². The van der Waals surface area contributed by atoms with Gasteiger partial charge in [-0.3, -0.25) is 9.59 Å². The molecule has 0 saturated carbocycles. The Morgan fingerprint density at radius 1 is 1.10 bits per heavy atom. The SMILES string of the molecule is COc1ccc2c(c1)/C(=C/C(=O)c1ccc(NC(=O)C(C)(C)C)cc1)NC(C)(C)C2. The number of rotatable bonds is 4. The quantitative estimate of drug-likeness (QED) is 0.564. The van der Waals surface area contributed by atoms with Crippen LogP contribution in [0.5, 0.6) is 5.75 Å². The predicted octanol–water partition coefficient (Wildman–Crippen LogP) is 4.83. The summed E-state index contributed by atoms with van der Waals surface area (Å²) < 4.78 is 5.36. The van der Waals surface area contributed by atoms with E-state index in [0.717, 1.165) is 23.4 Å². The Hall–Kier alpha value is -3.08. The Labute approximate surface area is 178 Å². The third-order valence-electron chi connectivity index (χ3n) is 5.10. The van der Waals surface area contributed by atoms with Gasteiger partial charge in [-0.2, -0.15) is 0 Å². The van der Waals surface area contributed by atoms with Crippen LogP contribution in [-0.2, 0) is 11.2 Å². The molecule has 0 saturated heterocycles. The zero-order valence-corrected chi connectivity index (χ0v) is 18.6. The van der Waals surface area contributed by atoms with Crippen molar-refractivity contribution in [1.29, 1.82) is 0 Å². The molecule has 2 N–H and O–H groups in total. The lowest BCUT2D eigenvalue weighted by atomic mass is 9.85. The van der Waals surface area contributed by atoms with Crippen molar-refractivity contribution in [2.75, 3.05) is 12.4 Å². The molecule has 2 aromatic rings. The minimum atomic E-state index is -0.479. The number of carbonyl (C=O) groups is 2. The minimum Gasteiger partial charge on any atom is -0.497 e. The van der Waals surface area contributed by atoms with Gasteiger partial charge in [0.2, 0.25) is 5.91 Å². The maximum atomic E-state index is 12.9. The first kappa shape index (κ1) is 21.6. The first-order valence-corrected chi connectivity index (χ1v) is 10.1. The van der Waals surface area contributed by atoms with Crippen LogP contribution in [0, 0.1) is 5.41 Å². The van der Waals surface area contributed by atoms with E-state index in [-0.39, 0.29) is 17.2 Å². The van der Waals surface area contributed by atoms with E-state index in [4.69, 9.17) is 4.74 Å². The van der Waals surface area contributed by atoms with Gasteiger partial charge in [0.1, 0.15) is 5.75 Å². The van der Waals surface area contributed by atoms with Crippen molar-refractivity contribution in [2.45, 2.75) is 46.6 Å². The monoisotopic (exact) mass is 406 g/mol. The molecular formula is C25H30N2O3. The molecule has 1 amide bonds. The zero-order chi connectivity index (χ0) is 22.1. The first-order chi connectivity index (χ1) is 14.0. The number of allylic oxidation sites excluding steroid dienone is 1. The number of ketones is 1. The number of benzene rings is 2. The summed E-state index contributed by atoms with van der Waals surface area (Å²) in [5.74, 6) is 0.591. The lowest BCUT2D eigenvalue weighted by Crippen LogP contribution is -2.43. The topological polar surface area (TPSA) is 67.4 Å². The Bertz CT molecular complexity index is 996. The van der Waals surface area contributed by atoms with Crippen molar-refractivity contribution >= 4 is 23.1 Å². The molecule has 0 aliphatic carbocycles. The average Bonchev–Trinajstić information content (AvgIpc) is 2.66. The third-order valence-corrected chi connectivity index (χ3v) is 5.10. The summed E-state index contributed by atoms with van der Waals surface area (Å²) in [4.78, 5) is 25.1. The van der Waals surface area contributed by atoms with Crippen LogP contribution in [0.25, 0.3) is 5.70 Å². The smallest absolute Gasteiger partial charge is 0.229 e. The highest BCUT2D eigenvalue weighted by Crippen LogP contribution is 2.32. The van der Waals surface area contributed by atoms with Gasteiger partial charge in [0.15, 0.2) is 5.78 Å². The minimum absolute atomic E-state index is 0.0668. The van der Waals surface area contributed by atoms with E-state index in [2.05, 4.69) is 30.5 Å². The number of amides is 1. The molecule has 1 aliphatic rings. The summed E-state index contributed by atoms with van der Waals surface area (Å²) >= 11 is 0. The highest BCUT2D eigenvalue weighted by Gasteiger charge is 2.28. The number of hydrogen-bond donors (Lipinski definition) is 2. The van der Waals surface area contributed by atoms with Gasteiger partial charge in [-0.05, 0) is 62.2 Å². The second-order valence-corrected chi connectivity index (χ2v) is 9.41. The number of hydrogen-bond acceptors (Lipinski definition) is 4. The molecule has 30 heavy (non-hydrogen) atoms. The van der Waals surface area contributed by atoms with Crippen LogP contribution in [0.1, 0.15) is 56.1 Å². The first-order valence-electron chi connectivity index (χ1n) is 10.1. The second kappa shape index (κ2) is 7.98. The van der Waals surface area contributed by atoms with Crippen molar-refractivity contribution in [3.63, 3.8) is 0 Å². The van der Waals surface area contributed by atoms with Crippen LogP contribution in [-0.4, -0.2) is 24.3 Å². The van der Waals surface area contributed by atoms with Gasteiger partial charge >= 0.3 is 0 Å². The van der Waals surface area contributed by atoms with Gasteiger partial charge in [0.05, 0.1) is 7.11 Å². The van der Waals surface area contributed by atoms with Gasteiger partial charge in [0.25, 0.3) is 0 Å². The van der Waals surface area contributed by atoms with E-state index in [9.17, 15) is 9.59 Å². The summed E-state index contributed by atoms with van der Waals surface area (Å²) in [5.41, 5.74) is 3.55. The molecule has 0 unspecified atom stereocenters. The number of anilines is 1. The predicted molar refractivity (Wildman–Crippen MR) is 121 cm³/mol. The largest absolute Gasteiger partial charge is 0.497 e. The Morgan fingerprint density at radius 2 is 1.77 bits per heavy atom. The number of ether oxygens (including phenoxy) is 1. The number of carbonyl (C=O) groups excluding carboxylic acids is 2. The van der Waals surface area contributed by atoms with E-state index in [1.165, 1.54) is 5.56 Å². The summed E-state index contributed by atoms with van der Waals surface area (Å²) in [6.45, 7) is 9.81. The molecule has 1 heterocycles. The standard InChI is InChI=1S/C25H30N2O3/c1-24(2,3)23(29)26-18-10-7-16(8-11-18)22(28)14-21-20-13-19(30-6)12-9-17(20)15-25(4,5)27-21/h7-14,27H,15H2,1-6H3,(H,26,29)/b21-14-. The Kier molecular flexibility index (Phi) is 5.75. The fourth-order valence-electron chi connectivity index (χ4n) is 3.40. The lowest BCUT2D eigenvalue weighted by Gasteiger charge is -2.35. The molecule has 0 atom stereocenters. The normalized spacial score (nSPS) is 16.4. The number of nitrogens with one attached hydrogen (secondary N) is 2. The van der Waals surface area contributed by atoms with E-state index < -0.39 is 5.41 Å². The molecule has 0 spiro atoms. The van der Waals surface area contributed by atoms with Gasteiger partial charge in [-0.25, -0.2) is 0 Å². The molecule has 0 fully saturated rings. The average molecular weight is 407 g/mol. The molecule has 158 valence electrons. The van der Waals surface area contributed by atoms with Gasteiger partial charge < -0.3 is 15.4 Å². The maximum absolute atomic E-state index is 12.9. The van der Waals surface area contributed by atoms with Crippen LogP contribution in [0.4, 0.5) is 5.69 Å². The molecular weight excluding hydrogens is 376 g/mol. The summed E-state index contributed by atoms with van der Waals surface area (Å²) in [5, 5.41) is 6.36. The van der Waals surface area contributed by atoms with Gasteiger partial charge in [-0.1, -0.05) is 26.8 Å². The van der Waals surface area contributed by atoms with Crippen molar-refractivity contribution in [2.24, 2.45) is 5.41 Å². The van der Waals surface area contributed by atoms with E-state index in [1.54, 1.807) is 37.5 Å². The van der Waals surface area contributed by atoms with E-state index in [1.807, 2.05) is 32.9 Å². The molecule has 0 radical (unpaired) electrons. The summed E-state index contributed by atoms with van der Waals surface area (Å²) in [6.07, 6.45) is 2.50. The Balaban J connectivity index is 1.86. The molecule has 5 nitrogen and oxygen atoms in total. The zero-order valence-electron chi connectivity index (χ0n) is 18.6. The second-order valence-electron chi connectivity index (χ2n) is 9.41. The van der Waals surface area contributed by atoms with Gasteiger partial charge in [-0.15, -0.1) is 0 Å². The third kappa shape index (κ3) is 4.90. The fraction of sp³-hybridized carbons (Fsp3) is 0.360. The van der Waals surface area contributed by atoms with Crippen LogP contribution >= 0.6 is 0 Å². The highest BCUT2D eigenvalue weighted by atomic mass is 16.5. The number of methoxy groups -OCH3 is 1. The van der Waals surface area contributed by atoms with E-state index >= 15 is 0 Å². The molecule has 3 rings (SSSR count). The van der Waals surface area contributed by atoms with Crippen LogP contribution in [0.15, 0.2) is 48.5 Å². The van der Waals surface area contributed by atoms with Crippen molar-refractivity contribution < 1.29 is 14.3 Å². The van der Waals surface area contributed by atoms with Crippen molar-refractivity contribution in [3.05, 3.63) is 65.2 Å². The molecule has 1 aliphatic heterocycles. The van der Waals surface area contributed by atoms with Crippen molar-refractivity contribution in [1.82, 2.24) is 5.32 Å². The maximum Gasteiger partial charge on any atom is 0.229 e. The summed E-state index contributed by atoms with van der Waals surface area (Å²) in [6, 6.07) is 12.9. The molecule has 5 heteroatoms. The summed E-state index contributed by atoms with van der Waals surface area (Å²) in [7, 11) is 1.64. The number of fused-ring (bicyclic) bond motifs is 1. The molecule has 0 aromatic heterocycles. The fourth-order valence-corrected chi connectivity index (χ4v) is 3.40. The highest BCUT2D eigenvalue weighted by molar-refractivity contribution is 6.09. The Morgan fingerprint density at radius 3 is 2.37 bits per heavy atom. The van der Waals surface area contributed by atoms with Crippen LogP contribution in [0.2, 0.25) is 0 Å². The van der Waals surface area contributed by atoms with Crippen LogP contribution in [0.3, 0.4) is 0 Å². The van der Waals surface area contributed by atoms with Gasteiger partial charge in [0, 0.05) is 39.5 Å². The molecule has 0 bridgehead atoms. The van der Waals surface area contributed by atoms with Crippen molar-refractivity contribution in [3.8, 4) is 5.75 Å². The lowest BCUT2D eigenvalue weighted by molar-refractivity contribution is -0.123.